The van der Waals surface area contributed by atoms with Crippen LogP contribution in [0.5, 0.6) is 5.75 Å². The number of hydrogen-bond acceptors (Lipinski definition) is 2. The highest BCUT2D eigenvalue weighted by Gasteiger charge is 2.25. The van der Waals surface area contributed by atoms with Gasteiger partial charge >= 0.3 is 0 Å². The average Bonchev–Trinajstić information content (AvgIpc) is 2.99. The molecule has 2 nitrogen and oxygen atoms in total. The second-order valence-corrected chi connectivity index (χ2v) is 5.70. The molecule has 0 saturated carbocycles. The Morgan fingerprint density at radius 3 is 2.39 bits per heavy atom. The fourth-order valence-corrected chi connectivity index (χ4v) is 3.36. The first-order chi connectivity index (χ1) is 11.3. The third-order valence-electron chi connectivity index (χ3n) is 4.41. The molecule has 4 rings (SSSR count). The molecule has 0 aliphatic heterocycles. The minimum Gasteiger partial charge on any atom is -0.496 e. The van der Waals surface area contributed by atoms with Crippen LogP contribution in [-0.2, 0) is 6.42 Å². The van der Waals surface area contributed by atoms with E-state index >= 15 is 0 Å². The summed E-state index contributed by atoms with van der Waals surface area (Å²) in [5.41, 5.74) is 6.08. The molecule has 0 atom stereocenters. The van der Waals surface area contributed by atoms with E-state index in [-0.39, 0.29) is 5.78 Å². The molecule has 0 heterocycles. The standard InChI is InChI=1S/C21H16O2/c1-23-19-12-5-4-10-17(19)21(22)18-11-6-8-15-13-14-7-2-3-9-16(14)20(15)18/h2-12H,13H2,1H3. The van der Waals surface area contributed by atoms with Crippen molar-refractivity contribution >= 4 is 5.78 Å². The van der Waals surface area contributed by atoms with Gasteiger partial charge in [-0.3, -0.25) is 4.79 Å². The Labute approximate surface area is 135 Å². The first-order valence-corrected chi connectivity index (χ1v) is 7.67. The molecule has 1 aliphatic rings. The lowest BCUT2D eigenvalue weighted by molar-refractivity contribution is 0.103. The van der Waals surface area contributed by atoms with Crippen molar-refractivity contribution in [3.63, 3.8) is 0 Å². The Balaban J connectivity index is 1.90. The van der Waals surface area contributed by atoms with Gasteiger partial charge in [-0.1, -0.05) is 54.6 Å². The molecule has 112 valence electrons. The van der Waals surface area contributed by atoms with Crippen LogP contribution in [0.25, 0.3) is 11.1 Å². The molecule has 0 saturated heterocycles. The van der Waals surface area contributed by atoms with Crippen LogP contribution in [0, 0.1) is 0 Å². The lowest BCUT2D eigenvalue weighted by Crippen LogP contribution is -2.06. The molecule has 0 amide bonds. The molecule has 0 bridgehead atoms. The highest BCUT2D eigenvalue weighted by Crippen LogP contribution is 2.40. The molecule has 3 aromatic carbocycles. The molecule has 0 N–H and O–H groups in total. The van der Waals surface area contributed by atoms with E-state index in [2.05, 4.69) is 18.2 Å². The number of benzene rings is 3. The van der Waals surface area contributed by atoms with Crippen molar-refractivity contribution in [2.24, 2.45) is 0 Å². The summed E-state index contributed by atoms with van der Waals surface area (Å²) >= 11 is 0. The van der Waals surface area contributed by atoms with Gasteiger partial charge < -0.3 is 4.74 Å². The van der Waals surface area contributed by atoms with Gasteiger partial charge in [-0.15, -0.1) is 0 Å². The first kappa shape index (κ1) is 13.8. The number of carbonyl (C=O) groups is 1. The van der Waals surface area contributed by atoms with Gasteiger partial charge in [0.2, 0.25) is 0 Å². The normalized spacial score (nSPS) is 11.7. The third-order valence-corrected chi connectivity index (χ3v) is 4.41. The van der Waals surface area contributed by atoms with Crippen LogP contribution in [0.3, 0.4) is 0 Å². The van der Waals surface area contributed by atoms with Gasteiger partial charge in [-0.05, 0) is 40.8 Å². The van der Waals surface area contributed by atoms with E-state index in [0.717, 1.165) is 17.5 Å². The van der Waals surface area contributed by atoms with Gasteiger partial charge in [0.1, 0.15) is 5.75 Å². The Kier molecular flexibility index (Phi) is 3.23. The van der Waals surface area contributed by atoms with Gasteiger partial charge in [0, 0.05) is 5.56 Å². The zero-order valence-electron chi connectivity index (χ0n) is 12.9. The van der Waals surface area contributed by atoms with Crippen LogP contribution in [0.1, 0.15) is 27.0 Å². The SMILES string of the molecule is COc1ccccc1C(=O)c1cccc2c1-c1ccccc1C2. The number of fused-ring (bicyclic) bond motifs is 3. The lowest BCUT2D eigenvalue weighted by atomic mass is 9.93. The summed E-state index contributed by atoms with van der Waals surface area (Å²) in [6.45, 7) is 0. The molecule has 1 aliphatic carbocycles. The molecular formula is C21H16O2. The highest BCUT2D eigenvalue weighted by molar-refractivity contribution is 6.15. The molecule has 0 aromatic heterocycles. The Hall–Kier alpha value is -2.87. The van der Waals surface area contributed by atoms with Crippen LogP contribution < -0.4 is 4.74 Å². The monoisotopic (exact) mass is 300 g/mol. The van der Waals surface area contributed by atoms with Crippen LogP contribution in [-0.4, -0.2) is 12.9 Å². The average molecular weight is 300 g/mol. The highest BCUT2D eigenvalue weighted by atomic mass is 16.5. The summed E-state index contributed by atoms with van der Waals surface area (Å²) < 4.78 is 5.36. The molecule has 0 unspecified atom stereocenters. The Morgan fingerprint density at radius 2 is 1.52 bits per heavy atom. The van der Waals surface area contributed by atoms with Crippen molar-refractivity contribution in [3.8, 4) is 16.9 Å². The summed E-state index contributed by atoms with van der Waals surface area (Å²) in [5, 5.41) is 0. The largest absolute Gasteiger partial charge is 0.496 e. The van der Waals surface area contributed by atoms with Crippen molar-refractivity contribution in [3.05, 3.63) is 89.0 Å². The Morgan fingerprint density at radius 1 is 0.826 bits per heavy atom. The zero-order valence-corrected chi connectivity index (χ0v) is 12.9. The predicted molar refractivity (Wildman–Crippen MR) is 91.1 cm³/mol. The lowest BCUT2D eigenvalue weighted by Gasteiger charge is -2.11. The zero-order chi connectivity index (χ0) is 15.8. The number of para-hydroxylation sites is 1. The van der Waals surface area contributed by atoms with Crippen LogP contribution >= 0.6 is 0 Å². The minimum absolute atomic E-state index is 0.0102. The molecule has 2 heteroatoms. The van der Waals surface area contributed by atoms with E-state index in [1.807, 2.05) is 48.5 Å². The molecule has 0 fully saturated rings. The summed E-state index contributed by atoms with van der Waals surface area (Å²) in [7, 11) is 1.59. The summed E-state index contributed by atoms with van der Waals surface area (Å²) in [6, 6.07) is 21.7. The molecule has 0 spiro atoms. The quantitative estimate of drug-likeness (QED) is 0.521. The second-order valence-electron chi connectivity index (χ2n) is 5.70. The van der Waals surface area contributed by atoms with E-state index < -0.39 is 0 Å². The molecule has 3 aromatic rings. The smallest absolute Gasteiger partial charge is 0.197 e. The van der Waals surface area contributed by atoms with Gasteiger partial charge in [0.15, 0.2) is 5.78 Å². The summed E-state index contributed by atoms with van der Waals surface area (Å²) in [6.07, 6.45) is 0.887. The minimum atomic E-state index is 0.0102. The maximum Gasteiger partial charge on any atom is 0.197 e. The van der Waals surface area contributed by atoms with Crippen LogP contribution in [0.15, 0.2) is 66.7 Å². The number of ketones is 1. The molecule has 23 heavy (non-hydrogen) atoms. The number of methoxy groups -OCH3 is 1. The maximum atomic E-state index is 13.1. The van der Waals surface area contributed by atoms with Crippen molar-refractivity contribution in [2.45, 2.75) is 6.42 Å². The van der Waals surface area contributed by atoms with Crippen molar-refractivity contribution < 1.29 is 9.53 Å². The number of carbonyl (C=O) groups excluding carboxylic acids is 1. The van der Waals surface area contributed by atoms with E-state index in [1.165, 1.54) is 16.7 Å². The van der Waals surface area contributed by atoms with Gasteiger partial charge in [-0.25, -0.2) is 0 Å². The predicted octanol–water partition coefficient (Wildman–Crippen LogP) is 4.50. The fraction of sp³-hybridized carbons (Fsp3) is 0.0952. The van der Waals surface area contributed by atoms with E-state index in [4.69, 9.17) is 4.74 Å². The Bertz CT molecular complexity index is 909. The number of ether oxygens (including phenoxy) is 1. The van der Waals surface area contributed by atoms with E-state index in [0.29, 0.717) is 11.3 Å². The summed E-state index contributed by atoms with van der Waals surface area (Å²) in [4.78, 5) is 13.1. The number of rotatable bonds is 3. The molecular weight excluding hydrogens is 284 g/mol. The van der Waals surface area contributed by atoms with Crippen molar-refractivity contribution in [2.75, 3.05) is 7.11 Å². The summed E-state index contributed by atoms with van der Waals surface area (Å²) in [5.74, 6) is 0.623. The van der Waals surface area contributed by atoms with Crippen molar-refractivity contribution in [1.29, 1.82) is 0 Å². The van der Waals surface area contributed by atoms with Gasteiger partial charge in [0.25, 0.3) is 0 Å². The number of hydrogen-bond donors (Lipinski definition) is 0. The topological polar surface area (TPSA) is 26.3 Å². The van der Waals surface area contributed by atoms with E-state index in [1.54, 1.807) is 7.11 Å². The maximum absolute atomic E-state index is 13.1. The second kappa shape index (κ2) is 5.40. The van der Waals surface area contributed by atoms with Crippen LogP contribution in [0.4, 0.5) is 0 Å². The van der Waals surface area contributed by atoms with Crippen molar-refractivity contribution in [1.82, 2.24) is 0 Å². The van der Waals surface area contributed by atoms with E-state index in [9.17, 15) is 4.79 Å². The first-order valence-electron chi connectivity index (χ1n) is 7.67. The third kappa shape index (κ3) is 2.15. The fourth-order valence-electron chi connectivity index (χ4n) is 3.36. The molecule has 0 radical (unpaired) electrons. The van der Waals surface area contributed by atoms with Gasteiger partial charge in [-0.2, -0.15) is 0 Å². The van der Waals surface area contributed by atoms with Gasteiger partial charge in [0.05, 0.1) is 12.7 Å². The van der Waals surface area contributed by atoms with Crippen LogP contribution in [0.2, 0.25) is 0 Å².